The van der Waals surface area contributed by atoms with Gasteiger partial charge >= 0.3 is 0 Å². The average molecular weight is 277 g/mol. The van der Waals surface area contributed by atoms with Crippen LogP contribution in [0.15, 0.2) is 0 Å². The predicted molar refractivity (Wildman–Crippen MR) is 80.7 cm³/mol. The molecule has 104 valence electrons. The van der Waals surface area contributed by atoms with E-state index in [1.807, 2.05) is 11.8 Å². The van der Waals surface area contributed by atoms with Crippen molar-refractivity contribution in [3.05, 3.63) is 22.8 Å². The zero-order valence-corrected chi connectivity index (χ0v) is 12.7. The van der Waals surface area contributed by atoms with Crippen molar-refractivity contribution < 1.29 is 0 Å². The fourth-order valence-corrected chi connectivity index (χ4v) is 3.95. The first-order valence-corrected chi connectivity index (χ1v) is 8.48. The molecule has 0 amide bonds. The predicted octanol–water partition coefficient (Wildman–Crippen LogP) is 2.96. The number of hydrogen-bond acceptors (Lipinski definition) is 4. The van der Waals surface area contributed by atoms with E-state index in [-0.39, 0.29) is 0 Å². The maximum absolute atomic E-state index is 4.77. The highest BCUT2D eigenvalue weighted by Gasteiger charge is 2.23. The van der Waals surface area contributed by atoms with E-state index in [0.29, 0.717) is 5.25 Å². The molecular weight excluding hydrogens is 254 g/mol. The second-order valence-electron chi connectivity index (χ2n) is 5.71. The molecule has 1 saturated carbocycles. The van der Waals surface area contributed by atoms with Gasteiger partial charge in [-0.15, -0.1) is 0 Å². The van der Waals surface area contributed by atoms with Crippen LogP contribution in [0.5, 0.6) is 0 Å². The van der Waals surface area contributed by atoms with Crippen molar-refractivity contribution in [2.45, 2.75) is 57.2 Å². The number of rotatable bonds is 5. The van der Waals surface area contributed by atoms with Gasteiger partial charge in [-0.25, -0.2) is 9.97 Å². The second-order valence-corrected chi connectivity index (χ2v) is 7.02. The molecule has 1 aliphatic heterocycles. The summed E-state index contributed by atoms with van der Waals surface area (Å²) < 4.78 is 0. The fraction of sp³-hybridized carbons (Fsp3) is 0.733. The lowest BCUT2D eigenvalue weighted by Gasteiger charge is -2.14. The Hall–Kier alpha value is -0.610. The molecule has 2 heterocycles. The molecule has 3 rings (SSSR count). The number of aromatic nitrogens is 2. The zero-order valence-electron chi connectivity index (χ0n) is 11.9. The summed E-state index contributed by atoms with van der Waals surface area (Å²) in [7, 11) is 0. The smallest absolute Gasteiger partial charge is 0.141 e. The van der Waals surface area contributed by atoms with Crippen LogP contribution in [0.25, 0.3) is 0 Å². The van der Waals surface area contributed by atoms with Crippen LogP contribution in [0, 0.1) is 13.8 Å². The summed E-state index contributed by atoms with van der Waals surface area (Å²) in [6, 6.07) is 0.788. The first kappa shape index (κ1) is 13.4. The van der Waals surface area contributed by atoms with Crippen LogP contribution in [-0.4, -0.2) is 28.3 Å². The van der Waals surface area contributed by atoms with Crippen LogP contribution < -0.4 is 5.32 Å². The number of thioether (sulfide) groups is 1. The molecule has 0 bridgehead atoms. The number of aryl methyl sites for hydroxylation is 2. The Morgan fingerprint density at radius 1 is 1.16 bits per heavy atom. The van der Waals surface area contributed by atoms with Gasteiger partial charge in [0.05, 0.1) is 5.25 Å². The van der Waals surface area contributed by atoms with Crippen LogP contribution in [0.2, 0.25) is 0 Å². The minimum absolute atomic E-state index is 0.538. The Bertz CT molecular complexity index is 428. The van der Waals surface area contributed by atoms with Gasteiger partial charge in [0, 0.05) is 17.4 Å². The monoisotopic (exact) mass is 277 g/mol. The van der Waals surface area contributed by atoms with Crippen LogP contribution in [0.4, 0.5) is 0 Å². The van der Waals surface area contributed by atoms with Crippen molar-refractivity contribution in [1.29, 1.82) is 0 Å². The minimum Gasteiger partial charge on any atom is -0.314 e. The van der Waals surface area contributed by atoms with Gasteiger partial charge in [0.15, 0.2) is 0 Å². The van der Waals surface area contributed by atoms with E-state index >= 15 is 0 Å². The molecule has 2 fully saturated rings. The molecule has 1 aromatic heterocycles. The van der Waals surface area contributed by atoms with Crippen LogP contribution >= 0.6 is 11.8 Å². The largest absolute Gasteiger partial charge is 0.314 e. The van der Waals surface area contributed by atoms with Gasteiger partial charge < -0.3 is 5.32 Å². The van der Waals surface area contributed by atoms with Gasteiger partial charge in [0.25, 0.3) is 0 Å². The molecule has 1 N–H and O–H groups in total. The molecule has 0 aromatic carbocycles. The van der Waals surface area contributed by atoms with E-state index in [0.717, 1.165) is 24.8 Å². The van der Waals surface area contributed by atoms with Gasteiger partial charge in [-0.05, 0) is 63.8 Å². The molecule has 1 aromatic rings. The Kier molecular flexibility index (Phi) is 4.08. The summed E-state index contributed by atoms with van der Waals surface area (Å²) in [4.78, 5) is 9.54. The van der Waals surface area contributed by atoms with E-state index in [2.05, 4.69) is 19.2 Å². The first-order chi connectivity index (χ1) is 9.24. The van der Waals surface area contributed by atoms with E-state index in [1.54, 1.807) is 0 Å². The third-order valence-corrected chi connectivity index (χ3v) is 5.41. The summed E-state index contributed by atoms with van der Waals surface area (Å²) in [5.74, 6) is 2.33. The SMILES string of the molecule is Cc1nc(C2CCCS2)nc(C)c1CCNC1CC1. The normalized spacial score (nSPS) is 22.9. The van der Waals surface area contributed by atoms with Crippen LogP contribution in [-0.2, 0) is 6.42 Å². The Balaban J connectivity index is 1.69. The highest BCUT2D eigenvalue weighted by Crippen LogP contribution is 2.38. The van der Waals surface area contributed by atoms with E-state index in [9.17, 15) is 0 Å². The summed E-state index contributed by atoms with van der Waals surface area (Å²) in [6.07, 6.45) is 6.32. The maximum Gasteiger partial charge on any atom is 0.141 e. The molecular formula is C15H23N3S. The van der Waals surface area contributed by atoms with E-state index in [1.165, 1.54) is 48.4 Å². The summed E-state index contributed by atoms with van der Waals surface area (Å²) in [5, 5.41) is 4.11. The van der Waals surface area contributed by atoms with Crippen molar-refractivity contribution in [3.63, 3.8) is 0 Å². The average Bonchev–Trinajstić information content (AvgIpc) is 3.04. The number of hydrogen-bond donors (Lipinski definition) is 1. The minimum atomic E-state index is 0.538. The summed E-state index contributed by atoms with van der Waals surface area (Å²) >= 11 is 2.01. The quantitative estimate of drug-likeness (QED) is 0.898. The third kappa shape index (κ3) is 3.29. The molecule has 1 aliphatic carbocycles. The molecule has 4 heteroatoms. The van der Waals surface area contributed by atoms with E-state index in [4.69, 9.17) is 9.97 Å². The van der Waals surface area contributed by atoms with Gasteiger partial charge in [-0.1, -0.05) is 0 Å². The third-order valence-electron chi connectivity index (χ3n) is 4.04. The molecule has 1 atom stereocenters. The summed E-state index contributed by atoms with van der Waals surface area (Å²) in [5.41, 5.74) is 3.72. The highest BCUT2D eigenvalue weighted by molar-refractivity contribution is 7.99. The van der Waals surface area contributed by atoms with Gasteiger partial charge in [-0.3, -0.25) is 0 Å². The van der Waals surface area contributed by atoms with Gasteiger partial charge in [0.2, 0.25) is 0 Å². The van der Waals surface area contributed by atoms with Crippen molar-refractivity contribution >= 4 is 11.8 Å². The Morgan fingerprint density at radius 3 is 2.47 bits per heavy atom. The molecule has 19 heavy (non-hydrogen) atoms. The van der Waals surface area contributed by atoms with Crippen molar-refractivity contribution in [2.24, 2.45) is 0 Å². The lowest BCUT2D eigenvalue weighted by molar-refractivity contribution is 0.671. The zero-order chi connectivity index (χ0) is 13.2. The van der Waals surface area contributed by atoms with Crippen LogP contribution in [0.1, 0.15) is 53.7 Å². The molecule has 2 aliphatic rings. The maximum atomic E-state index is 4.77. The lowest BCUT2D eigenvalue weighted by atomic mass is 10.1. The fourth-order valence-electron chi connectivity index (χ4n) is 2.74. The van der Waals surface area contributed by atoms with Crippen molar-refractivity contribution in [2.75, 3.05) is 12.3 Å². The highest BCUT2D eigenvalue weighted by atomic mass is 32.2. The van der Waals surface area contributed by atoms with Crippen molar-refractivity contribution in [3.8, 4) is 0 Å². The molecule has 0 spiro atoms. The lowest BCUT2D eigenvalue weighted by Crippen LogP contribution is -2.20. The molecule has 3 nitrogen and oxygen atoms in total. The second kappa shape index (κ2) is 5.80. The standard InChI is InChI=1S/C15H23N3S/c1-10-13(7-8-16-12-5-6-12)11(2)18-15(17-10)14-4-3-9-19-14/h12,14,16H,3-9H2,1-2H3. The first-order valence-electron chi connectivity index (χ1n) is 7.43. The summed E-state index contributed by atoms with van der Waals surface area (Å²) in [6.45, 7) is 5.35. The Labute approximate surface area is 120 Å². The number of nitrogens with zero attached hydrogens (tertiary/aromatic N) is 2. The molecule has 0 radical (unpaired) electrons. The van der Waals surface area contributed by atoms with Gasteiger partial charge in [0.1, 0.15) is 5.82 Å². The van der Waals surface area contributed by atoms with Crippen molar-refractivity contribution in [1.82, 2.24) is 15.3 Å². The Morgan fingerprint density at radius 2 is 1.89 bits per heavy atom. The van der Waals surface area contributed by atoms with E-state index < -0.39 is 0 Å². The molecule has 1 unspecified atom stereocenters. The topological polar surface area (TPSA) is 37.8 Å². The van der Waals surface area contributed by atoms with Crippen LogP contribution in [0.3, 0.4) is 0 Å². The molecule has 1 saturated heterocycles. The van der Waals surface area contributed by atoms with Gasteiger partial charge in [-0.2, -0.15) is 11.8 Å². The number of nitrogens with one attached hydrogen (secondary N) is 1.